The van der Waals surface area contributed by atoms with Gasteiger partial charge in [0.15, 0.2) is 0 Å². The van der Waals surface area contributed by atoms with Crippen LogP contribution in [0.4, 0.5) is 5.82 Å². The van der Waals surface area contributed by atoms with Crippen molar-refractivity contribution >= 4 is 50.3 Å². The van der Waals surface area contributed by atoms with Crippen LogP contribution in [0.2, 0.25) is 0 Å². The van der Waals surface area contributed by atoms with Gasteiger partial charge in [0.1, 0.15) is 17.1 Å². The highest BCUT2D eigenvalue weighted by Crippen LogP contribution is 2.31. The van der Waals surface area contributed by atoms with Gasteiger partial charge in [0.25, 0.3) is 5.91 Å². The van der Waals surface area contributed by atoms with Crippen molar-refractivity contribution in [3.63, 3.8) is 0 Å². The first-order valence-corrected chi connectivity index (χ1v) is 10.7. The van der Waals surface area contributed by atoms with E-state index in [1.807, 2.05) is 12.1 Å². The fraction of sp³-hybridized carbons (Fsp3) is 0.235. The van der Waals surface area contributed by atoms with Crippen molar-refractivity contribution in [3.05, 3.63) is 57.3 Å². The minimum atomic E-state index is -3.60. The molecule has 0 fully saturated rings. The molecular formula is C17H18IN5O3S. The Labute approximate surface area is 171 Å². The first-order valence-electron chi connectivity index (χ1n) is 7.97. The SMILES string of the molecule is CN1C(N)=N[C@](C)(c2cccc(NC(=O)c3ccc(I)cc3)n2)CS1(=O)=O. The number of carbonyl (C=O) groups is 1. The summed E-state index contributed by atoms with van der Waals surface area (Å²) in [4.78, 5) is 21.1. The molecule has 2 heterocycles. The number of anilines is 1. The molecule has 0 unspecified atom stereocenters. The van der Waals surface area contributed by atoms with Crippen molar-refractivity contribution in [2.75, 3.05) is 18.1 Å². The zero-order valence-electron chi connectivity index (χ0n) is 14.7. The number of benzene rings is 1. The molecule has 3 rings (SSSR count). The van der Waals surface area contributed by atoms with E-state index in [0.29, 0.717) is 17.1 Å². The molecule has 0 aliphatic carbocycles. The van der Waals surface area contributed by atoms with E-state index in [0.717, 1.165) is 7.88 Å². The van der Waals surface area contributed by atoms with Gasteiger partial charge in [-0.15, -0.1) is 0 Å². The highest BCUT2D eigenvalue weighted by atomic mass is 127. The van der Waals surface area contributed by atoms with Gasteiger partial charge in [0.2, 0.25) is 16.0 Å². The number of nitrogens with one attached hydrogen (secondary N) is 1. The minimum Gasteiger partial charge on any atom is -0.369 e. The third-order valence-electron chi connectivity index (χ3n) is 4.21. The lowest BCUT2D eigenvalue weighted by Gasteiger charge is -2.33. The van der Waals surface area contributed by atoms with E-state index in [-0.39, 0.29) is 17.6 Å². The molecule has 1 atom stereocenters. The van der Waals surface area contributed by atoms with Gasteiger partial charge < -0.3 is 11.1 Å². The summed E-state index contributed by atoms with van der Waals surface area (Å²) in [6, 6.07) is 12.1. The minimum absolute atomic E-state index is 0.0983. The molecule has 1 amide bonds. The highest BCUT2D eigenvalue weighted by Gasteiger charge is 2.41. The van der Waals surface area contributed by atoms with Gasteiger partial charge in [-0.2, -0.15) is 0 Å². The molecule has 142 valence electrons. The Morgan fingerprint density at radius 2 is 1.93 bits per heavy atom. The van der Waals surface area contributed by atoms with Crippen LogP contribution in [0.3, 0.4) is 0 Å². The molecule has 0 bridgehead atoms. The Bertz CT molecular complexity index is 1020. The van der Waals surface area contributed by atoms with E-state index < -0.39 is 15.6 Å². The standard InChI is InChI=1S/C17H18IN5O3S/c1-17(10-27(25,26)23(2)16(19)22-17)13-4-3-5-14(20-13)21-15(24)11-6-8-12(18)9-7-11/h3-9H,10H2,1-2H3,(H2,19,22)(H,20,21,24)/t17-/m0/s1. The van der Waals surface area contributed by atoms with E-state index >= 15 is 0 Å². The molecule has 0 saturated heterocycles. The van der Waals surface area contributed by atoms with Gasteiger partial charge in [-0.1, -0.05) is 6.07 Å². The molecule has 0 radical (unpaired) electrons. The Balaban J connectivity index is 1.89. The first-order chi connectivity index (χ1) is 12.6. The third kappa shape index (κ3) is 4.05. The number of halogens is 1. The fourth-order valence-corrected chi connectivity index (χ4v) is 4.48. The number of guanidine groups is 1. The Morgan fingerprint density at radius 3 is 2.56 bits per heavy atom. The number of hydrogen-bond donors (Lipinski definition) is 2. The number of aliphatic imine (C=N–C) groups is 1. The summed E-state index contributed by atoms with van der Waals surface area (Å²) in [6.45, 7) is 1.65. The maximum absolute atomic E-state index is 12.4. The fourth-order valence-electron chi connectivity index (χ4n) is 2.68. The van der Waals surface area contributed by atoms with Crippen molar-refractivity contribution in [2.24, 2.45) is 10.7 Å². The van der Waals surface area contributed by atoms with E-state index in [2.05, 4.69) is 37.9 Å². The number of amides is 1. The first kappa shape index (κ1) is 19.5. The van der Waals surface area contributed by atoms with Gasteiger partial charge in [-0.25, -0.2) is 22.7 Å². The average molecular weight is 499 g/mol. The predicted octanol–water partition coefficient (Wildman–Crippen LogP) is 1.74. The van der Waals surface area contributed by atoms with Crippen LogP contribution in [-0.2, 0) is 15.6 Å². The summed E-state index contributed by atoms with van der Waals surface area (Å²) in [5, 5.41) is 2.72. The number of rotatable bonds is 3. The van der Waals surface area contributed by atoms with Crippen molar-refractivity contribution in [2.45, 2.75) is 12.5 Å². The highest BCUT2D eigenvalue weighted by molar-refractivity contribution is 14.1. The van der Waals surface area contributed by atoms with Crippen LogP contribution in [0, 0.1) is 3.57 Å². The Hall–Kier alpha value is -2.21. The number of nitrogens with two attached hydrogens (primary N) is 1. The summed E-state index contributed by atoms with van der Waals surface area (Å²) in [5.74, 6) is -0.361. The third-order valence-corrected chi connectivity index (χ3v) is 6.88. The van der Waals surface area contributed by atoms with Crippen LogP contribution in [0.25, 0.3) is 0 Å². The monoisotopic (exact) mass is 499 g/mol. The van der Waals surface area contributed by atoms with E-state index in [1.165, 1.54) is 7.05 Å². The lowest BCUT2D eigenvalue weighted by Crippen LogP contribution is -2.50. The average Bonchev–Trinajstić information content (AvgIpc) is 2.60. The summed E-state index contributed by atoms with van der Waals surface area (Å²) in [7, 11) is -2.24. The molecule has 1 aromatic carbocycles. The van der Waals surface area contributed by atoms with E-state index in [4.69, 9.17) is 5.73 Å². The van der Waals surface area contributed by atoms with E-state index in [1.54, 1.807) is 37.3 Å². The molecule has 2 aromatic rings. The number of hydrogen-bond acceptors (Lipinski definition) is 6. The molecule has 1 aromatic heterocycles. The second-order valence-corrected chi connectivity index (χ2v) is 9.58. The molecule has 8 nitrogen and oxygen atoms in total. The molecule has 27 heavy (non-hydrogen) atoms. The molecule has 3 N–H and O–H groups in total. The number of carbonyl (C=O) groups excluding carboxylic acids is 1. The van der Waals surface area contributed by atoms with Crippen molar-refractivity contribution < 1.29 is 13.2 Å². The van der Waals surface area contributed by atoms with Gasteiger partial charge >= 0.3 is 0 Å². The molecule has 0 spiro atoms. The van der Waals surface area contributed by atoms with Crippen molar-refractivity contribution in [1.82, 2.24) is 9.29 Å². The quantitative estimate of drug-likeness (QED) is 0.624. The van der Waals surface area contributed by atoms with Crippen molar-refractivity contribution in [1.29, 1.82) is 0 Å². The zero-order chi connectivity index (χ0) is 19.8. The van der Waals surface area contributed by atoms with Crippen LogP contribution in [0.1, 0.15) is 23.0 Å². The van der Waals surface area contributed by atoms with Gasteiger partial charge in [-0.3, -0.25) is 4.79 Å². The second kappa shape index (κ2) is 7.08. The summed E-state index contributed by atoms with van der Waals surface area (Å²) in [6.07, 6.45) is 0. The van der Waals surface area contributed by atoms with Gasteiger partial charge in [-0.05, 0) is 65.9 Å². The van der Waals surface area contributed by atoms with Crippen LogP contribution in [0.5, 0.6) is 0 Å². The maximum Gasteiger partial charge on any atom is 0.256 e. The molecule has 0 saturated carbocycles. The number of sulfonamides is 1. The molecule has 1 aliphatic heterocycles. The Morgan fingerprint density at radius 1 is 1.26 bits per heavy atom. The largest absolute Gasteiger partial charge is 0.369 e. The maximum atomic E-state index is 12.4. The smallest absolute Gasteiger partial charge is 0.256 e. The van der Waals surface area contributed by atoms with Crippen LogP contribution < -0.4 is 11.1 Å². The summed E-state index contributed by atoms with van der Waals surface area (Å²) >= 11 is 2.16. The summed E-state index contributed by atoms with van der Waals surface area (Å²) < 4.78 is 26.6. The van der Waals surface area contributed by atoms with Gasteiger partial charge in [0, 0.05) is 16.2 Å². The van der Waals surface area contributed by atoms with Crippen LogP contribution in [-0.4, -0.2) is 42.4 Å². The topological polar surface area (TPSA) is 118 Å². The predicted molar refractivity (Wildman–Crippen MR) is 112 cm³/mol. The number of nitrogens with zero attached hydrogens (tertiary/aromatic N) is 3. The number of aromatic nitrogens is 1. The molecule has 1 aliphatic rings. The molecular weight excluding hydrogens is 481 g/mol. The Kier molecular flexibility index (Phi) is 5.12. The molecule has 10 heteroatoms. The van der Waals surface area contributed by atoms with Crippen LogP contribution in [0.15, 0.2) is 47.5 Å². The zero-order valence-corrected chi connectivity index (χ0v) is 17.7. The van der Waals surface area contributed by atoms with E-state index in [9.17, 15) is 13.2 Å². The lowest BCUT2D eigenvalue weighted by atomic mass is 10.0. The normalized spacial score (nSPS) is 21.4. The second-order valence-electron chi connectivity index (χ2n) is 6.34. The van der Waals surface area contributed by atoms with Crippen molar-refractivity contribution in [3.8, 4) is 0 Å². The van der Waals surface area contributed by atoms with Crippen LogP contribution >= 0.6 is 22.6 Å². The lowest BCUT2D eigenvalue weighted by molar-refractivity contribution is 0.102. The van der Waals surface area contributed by atoms with Gasteiger partial charge in [0.05, 0.1) is 5.69 Å². The summed E-state index contributed by atoms with van der Waals surface area (Å²) in [5.41, 5.74) is 5.54. The number of pyridine rings is 1.